The maximum Gasteiger partial charge on any atom is 0.268 e. The lowest BCUT2D eigenvalue weighted by Gasteiger charge is -2.32. The first-order chi connectivity index (χ1) is 12.5. The molecule has 0 aliphatic carbocycles. The molecule has 2 amide bonds. The number of carbonyl (C=O) groups excluding carboxylic acids is 2. The molecule has 3 aromatic rings. The van der Waals surface area contributed by atoms with Gasteiger partial charge in [-0.2, -0.15) is 0 Å². The van der Waals surface area contributed by atoms with Crippen molar-refractivity contribution in [2.75, 3.05) is 16.8 Å². The number of nitrogens with zero attached hydrogens (tertiary/aromatic N) is 2. The molecular formula is C19H17N3O4. The van der Waals surface area contributed by atoms with Crippen LogP contribution >= 0.6 is 0 Å². The minimum atomic E-state index is -0.632. The maximum absolute atomic E-state index is 12.5. The van der Waals surface area contributed by atoms with Gasteiger partial charge in [0, 0.05) is 12.6 Å². The fourth-order valence-electron chi connectivity index (χ4n) is 2.99. The Bertz CT molecular complexity index is 1010. The highest BCUT2D eigenvalue weighted by atomic mass is 16.5. The number of aryl methyl sites for hydroxylation is 1. The maximum atomic E-state index is 12.5. The molecule has 26 heavy (non-hydrogen) atoms. The SMILES string of the molecule is Cc1nc2cc(NC(=O)CN3C(=O)[C@H](C)Oc4ccccc43)ccc2o1. The molecule has 2 heterocycles. The van der Waals surface area contributed by atoms with Gasteiger partial charge in [0.15, 0.2) is 17.6 Å². The molecule has 0 saturated carbocycles. The van der Waals surface area contributed by atoms with Crippen LogP contribution in [0.2, 0.25) is 0 Å². The van der Waals surface area contributed by atoms with E-state index in [0.717, 1.165) is 0 Å². The van der Waals surface area contributed by atoms with Crippen LogP contribution in [0.4, 0.5) is 11.4 Å². The van der Waals surface area contributed by atoms with Crippen molar-refractivity contribution in [3.63, 3.8) is 0 Å². The average molecular weight is 351 g/mol. The van der Waals surface area contributed by atoms with E-state index in [1.807, 2.05) is 6.07 Å². The van der Waals surface area contributed by atoms with E-state index in [2.05, 4.69) is 10.3 Å². The third-order valence-electron chi connectivity index (χ3n) is 4.15. The molecular weight excluding hydrogens is 334 g/mol. The van der Waals surface area contributed by atoms with Gasteiger partial charge in [-0.25, -0.2) is 4.98 Å². The normalized spacial score (nSPS) is 16.3. The van der Waals surface area contributed by atoms with Gasteiger partial charge < -0.3 is 14.5 Å². The monoisotopic (exact) mass is 351 g/mol. The minimum absolute atomic E-state index is 0.0978. The first-order valence-electron chi connectivity index (χ1n) is 8.25. The number of aromatic nitrogens is 1. The Morgan fingerprint density at radius 1 is 1.27 bits per heavy atom. The van der Waals surface area contributed by atoms with Crippen molar-refractivity contribution in [2.24, 2.45) is 0 Å². The van der Waals surface area contributed by atoms with Crippen molar-refractivity contribution in [3.8, 4) is 5.75 Å². The molecule has 7 nitrogen and oxygen atoms in total. The van der Waals surface area contributed by atoms with Crippen molar-refractivity contribution in [1.82, 2.24) is 4.98 Å². The molecule has 0 fully saturated rings. The summed E-state index contributed by atoms with van der Waals surface area (Å²) in [5, 5.41) is 2.80. The van der Waals surface area contributed by atoms with Gasteiger partial charge in [-0.15, -0.1) is 0 Å². The number of anilines is 2. The van der Waals surface area contributed by atoms with Crippen LogP contribution in [0.1, 0.15) is 12.8 Å². The van der Waals surface area contributed by atoms with Crippen LogP contribution in [0.3, 0.4) is 0 Å². The number of para-hydroxylation sites is 2. The summed E-state index contributed by atoms with van der Waals surface area (Å²) in [6.45, 7) is 3.34. The Morgan fingerprint density at radius 2 is 2.08 bits per heavy atom. The Hall–Kier alpha value is -3.35. The molecule has 0 radical (unpaired) electrons. The molecule has 4 rings (SSSR count). The van der Waals surface area contributed by atoms with Crippen LogP contribution in [0.25, 0.3) is 11.1 Å². The van der Waals surface area contributed by atoms with Gasteiger partial charge in [0.2, 0.25) is 5.91 Å². The fourth-order valence-corrected chi connectivity index (χ4v) is 2.99. The van der Waals surface area contributed by atoms with Crippen LogP contribution in [-0.4, -0.2) is 29.4 Å². The number of carbonyl (C=O) groups is 2. The van der Waals surface area contributed by atoms with Crippen LogP contribution < -0.4 is 15.0 Å². The molecule has 1 aromatic heterocycles. The molecule has 2 aromatic carbocycles. The number of fused-ring (bicyclic) bond motifs is 2. The zero-order valence-corrected chi connectivity index (χ0v) is 14.4. The van der Waals surface area contributed by atoms with Crippen molar-refractivity contribution >= 4 is 34.3 Å². The average Bonchev–Trinajstić information content (AvgIpc) is 2.98. The Kier molecular flexibility index (Phi) is 3.84. The number of hydrogen-bond donors (Lipinski definition) is 1. The summed E-state index contributed by atoms with van der Waals surface area (Å²) in [5.41, 5.74) is 2.51. The van der Waals surface area contributed by atoms with Crippen molar-refractivity contribution in [3.05, 3.63) is 48.4 Å². The quantitative estimate of drug-likeness (QED) is 0.784. The molecule has 7 heteroatoms. The van der Waals surface area contributed by atoms with Gasteiger partial charge in [-0.1, -0.05) is 12.1 Å². The lowest BCUT2D eigenvalue weighted by molar-refractivity contribution is -0.127. The van der Waals surface area contributed by atoms with Gasteiger partial charge in [-0.05, 0) is 37.3 Å². The molecule has 132 valence electrons. The van der Waals surface area contributed by atoms with Crippen LogP contribution in [0.5, 0.6) is 5.75 Å². The van der Waals surface area contributed by atoms with E-state index < -0.39 is 6.10 Å². The van der Waals surface area contributed by atoms with Gasteiger partial charge in [0.1, 0.15) is 17.8 Å². The highest BCUT2D eigenvalue weighted by Gasteiger charge is 2.32. The van der Waals surface area contributed by atoms with Crippen LogP contribution in [0.15, 0.2) is 46.9 Å². The summed E-state index contributed by atoms with van der Waals surface area (Å²) in [7, 11) is 0. The van der Waals surface area contributed by atoms with Crippen molar-refractivity contribution < 1.29 is 18.7 Å². The predicted octanol–water partition coefficient (Wildman–Crippen LogP) is 2.89. The van der Waals surface area contributed by atoms with E-state index in [9.17, 15) is 9.59 Å². The van der Waals surface area contributed by atoms with Crippen LogP contribution in [-0.2, 0) is 9.59 Å². The van der Waals surface area contributed by atoms with Gasteiger partial charge in [0.05, 0.1) is 5.69 Å². The zero-order valence-electron chi connectivity index (χ0n) is 14.4. The lowest BCUT2D eigenvalue weighted by Crippen LogP contribution is -2.47. The van der Waals surface area contributed by atoms with Gasteiger partial charge in [0.25, 0.3) is 5.91 Å². The van der Waals surface area contributed by atoms with Gasteiger partial charge >= 0.3 is 0 Å². The third-order valence-corrected chi connectivity index (χ3v) is 4.15. The summed E-state index contributed by atoms with van der Waals surface area (Å²) in [6.07, 6.45) is -0.632. The molecule has 1 aliphatic heterocycles. The largest absolute Gasteiger partial charge is 0.479 e. The first-order valence-corrected chi connectivity index (χ1v) is 8.25. The third kappa shape index (κ3) is 2.88. The molecule has 0 bridgehead atoms. The van der Waals surface area contributed by atoms with E-state index in [0.29, 0.717) is 34.1 Å². The second-order valence-electron chi connectivity index (χ2n) is 6.12. The number of ether oxygens (including phenoxy) is 1. The van der Waals surface area contributed by atoms with E-state index in [1.54, 1.807) is 50.2 Å². The first kappa shape index (κ1) is 16.1. The van der Waals surface area contributed by atoms with Crippen molar-refractivity contribution in [2.45, 2.75) is 20.0 Å². The molecule has 1 aliphatic rings. The number of benzene rings is 2. The molecule has 0 unspecified atom stereocenters. The second-order valence-corrected chi connectivity index (χ2v) is 6.12. The number of hydrogen-bond acceptors (Lipinski definition) is 5. The van der Waals surface area contributed by atoms with Crippen molar-refractivity contribution in [1.29, 1.82) is 0 Å². The minimum Gasteiger partial charge on any atom is -0.479 e. The standard InChI is InChI=1S/C19H17N3O4/c1-11-19(24)22(15-5-3-4-6-17(15)25-11)10-18(23)21-13-7-8-16-14(9-13)20-12(2)26-16/h3-9,11H,10H2,1-2H3,(H,21,23)/t11-/m0/s1. The smallest absolute Gasteiger partial charge is 0.268 e. The Morgan fingerprint density at radius 3 is 2.92 bits per heavy atom. The molecule has 0 spiro atoms. The van der Waals surface area contributed by atoms with Gasteiger partial charge in [-0.3, -0.25) is 14.5 Å². The zero-order chi connectivity index (χ0) is 18.3. The Balaban J connectivity index is 1.54. The number of rotatable bonds is 3. The van der Waals surface area contributed by atoms with E-state index in [4.69, 9.17) is 9.15 Å². The van der Waals surface area contributed by atoms with Crippen LogP contribution in [0, 0.1) is 6.92 Å². The molecule has 1 atom stereocenters. The number of oxazole rings is 1. The highest BCUT2D eigenvalue weighted by Crippen LogP contribution is 2.33. The fraction of sp³-hybridized carbons (Fsp3) is 0.211. The molecule has 1 N–H and O–H groups in total. The van der Waals surface area contributed by atoms with E-state index in [-0.39, 0.29) is 18.4 Å². The number of amides is 2. The predicted molar refractivity (Wildman–Crippen MR) is 96.3 cm³/mol. The lowest BCUT2D eigenvalue weighted by atomic mass is 10.2. The highest BCUT2D eigenvalue weighted by molar-refractivity contribution is 6.06. The summed E-state index contributed by atoms with van der Waals surface area (Å²) in [6, 6.07) is 12.4. The number of nitrogens with one attached hydrogen (secondary N) is 1. The summed E-state index contributed by atoms with van der Waals surface area (Å²) in [4.78, 5) is 30.6. The Labute approximate surface area is 149 Å². The molecule has 0 saturated heterocycles. The summed E-state index contributed by atoms with van der Waals surface area (Å²) >= 11 is 0. The topological polar surface area (TPSA) is 84.7 Å². The second kappa shape index (κ2) is 6.18. The van der Waals surface area contributed by atoms with E-state index in [1.165, 1.54) is 4.90 Å². The van der Waals surface area contributed by atoms with E-state index >= 15 is 0 Å². The summed E-state index contributed by atoms with van der Waals surface area (Å²) < 4.78 is 11.0. The summed E-state index contributed by atoms with van der Waals surface area (Å²) in [5.74, 6) is 0.600.